The lowest BCUT2D eigenvalue weighted by molar-refractivity contribution is -0.136. The minimum atomic E-state index is -0.131. The van der Waals surface area contributed by atoms with Crippen LogP contribution in [0.25, 0.3) is 0 Å². The number of fused-ring (bicyclic) bond motifs is 2. The summed E-state index contributed by atoms with van der Waals surface area (Å²) in [4.78, 5) is 13.7. The Bertz CT molecular complexity index is 763. The monoisotopic (exact) mass is 350 g/mol. The number of nitrogens with one attached hydrogen (secondary N) is 2. The molecule has 1 saturated heterocycles. The first kappa shape index (κ1) is 15.7. The highest BCUT2D eigenvalue weighted by Crippen LogP contribution is 2.76. The van der Waals surface area contributed by atoms with Crippen LogP contribution in [0.4, 0.5) is 0 Å². The van der Waals surface area contributed by atoms with E-state index in [2.05, 4.69) is 47.9 Å². The van der Waals surface area contributed by atoms with E-state index >= 15 is 0 Å². The number of rotatable bonds is 3. The van der Waals surface area contributed by atoms with Crippen molar-refractivity contribution in [3.63, 3.8) is 0 Å². The van der Waals surface area contributed by atoms with Crippen LogP contribution >= 0.6 is 0 Å². The van der Waals surface area contributed by atoms with Gasteiger partial charge in [0.2, 0.25) is 5.91 Å². The van der Waals surface area contributed by atoms with E-state index in [4.69, 9.17) is 0 Å². The lowest BCUT2D eigenvalue weighted by Crippen LogP contribution is -2.54. The third-order valence-corrected chi connectivity index (χ3v) is 9.05. The minimum absolute atomic E-state index is 0.131. The van der Waals surface area contributed by atoms with Gasteiger partial charge in [-0.05, 0) is 79.7 Å². The highest BCUT2D eigenvalue weighted by molar-refractivity contribution is 5.86. The average molecular weight is 351 g/mol. The van der Waals surface area contributed by atoms with Crippen LogP contribution in [0.1, 0.15) is 57.4 Å². The van der Waals surface area contributed by atoms with E-state index in [9.17, 15) is 4.79 Å². The van der Waals surface area contributed by atoms with Crippen LogP contribution in [0.15, 0.2) is 30.3 Å². The topological polar surface area (TPSA) is 41.1 Å². The maximum Gasteiger partial charge on any atom is 0.227 e. The van der Waals surface area contributed by atoms with Crippen LogP contribution in [0.3, 0.4) is 0 Å². The SMILES string of the molecule is C[C@]12CC3CC1(C(=O)NC1CC4CNC1C4)C[C@@](c1ccccc1)(C3)C2. The minimum Gasteiger partial charge on any atom is -0.351 e. The molecule has 3 nitrogen and oxygen atoms in total. The standard InChI is InChI=1S/C23H30N2O/c1-21-9-16-10-22(13-21,17-5-3-2-4-6-17)14-23(21,11-16)20(26)25-19-8-15-7-18(19)24-12-15/h2-6,15-16,18-19,24H,7-14H2,1H3,(H,25,26)/t15?,16?,18?,19?,21-,22-,23?/m1/s1. The number of carbonyl (C=O) groups excluding carboxylic acids is 1. The first-order chi connectivity index (χ1) is 12.5. The van der Waals surface area contributed by atoms with E-state index in [1.165, 1.54) is 37.7 Å². The Morgan fingerprint density at radius 3 is 2.65 bits per heavy atom. The molecule has 1 aromatic rings. The molecule has 138 valence electrons. The molecule has 0 aromatic heterocycles. The van der Waals surface area contributed by atoms with Crippen molar-refractivity contribution in [1.82, 2.24) is 10.6 Å². The van der Waals surface area contributed by atoms with Crippen molar-refractivity contribution < 1.29 is 4.79 Å². The molecule has 1 aromatic carbocycles. The van der Waals surface area contributed by atoms with Gasteiger partial charge in [-0.15, -0.1) is 0 Å². The van der Waals surface area contributed by atoms with Gasteiger partial charge in [0, 0.05) is 12.1 Å². The number of carbonyl (C=O) groups is 1. The molecule has 6 fully saturated rings. The Labute approximate surface area is 156 Å². The van der Waals surface area contributed by atoms with Crippen LogP contribution in [0.2, 0.25) is 0 Å². The summed E-state index contributed by atoms with van der Waals surface area (Å²) in [6.07, 6.45) is 8.37. The van der Waals surface area contributed by atoms with Crippen molar-refractivity contribution in [1.29, 1.82) is 0 Å². The molecule has 7 rings (SSSR count). The van der Waals surface area contributed by atoms with Crippen LogP contribution < -0.4 is 10.6 Å². The third-order valence-electron chi connectivity index (χ3n) is 9.05. The third kappa shape index (κ3) is 1.86. The predicted molar refractivity (Wildman–Crippen MR) is 102 cm³/mol. The Kier molecular flexibility index (Phi) is 2.97. The van der Waals surface area contributed by atoms with Crippen LogP contribution in [-0.4, -0.2) is 24.5 Å². The van der Waals surface area contributed by atoms with E-state index in [1.807, 2.05) is 0 Å². The van der Waals surface area contributed by atoms with Crippen molar-refractivity contribution in [3.05, 3.63) is 35.9 Å². The summed E-state index contributed by atoms with van der Waals surface area (Å²) in [7, 11) is 0. The molecular formula is C23H30N2O. The predicted octanol–water partition coefficient (Wildman–Crippen LogP) is 3.39. The Morgan fingerprint density at radius 1 is 1.08 bits per heavy atom. The summed E-state index contributed by atoms with van der Waals surface area (Å²) >= 11 is 0. The molecule has 3 heteroatoms. The van der Waals surface area contributed by atoms with Crippen LogP contribution in [0, 0.1) is 22.7 Å². The van der Waals surface area contributed by atoms with Gasteiger partial charge in [-0.2, -0.15) is 0 Å². The quantitative estimate of drug-likeness (QED) is 0.877. The van der Waals surface area contributed by atoms with Gasteiger partial charge in [0.1, 0.15) is 0 Å². The fourth-order valence-corrected chi connectivity index (χ4v) is 8.28. The lowest BCUT2D eigenvalue weighted by atomic mass is 9.63. The van der Waals surface area contributed by atoms with Crippen molar-refractivity contribution >= 4 is 5.91 Å². The zero-order chi connectivity index (χ0) is 17.6. The van der Waals surface area contributed by atoms with Gasteiger partial charge in [0.15, 0.2) is 0 Å². The van der Waals surface area contributed by atoms with Gasteiger partial charge in [-0.25, -0.2) is 0 Å². The van der Waals surface area contributed by atoms with E-state index in [-0.39, 0.29) is 16.2 Å². The van der Waals surface area contributed by atoms with Crippen LogP contribution in [-0.2, 0) is 10.2 Å². The molecule has 6 aliphatic rings. The Balaban J connectivity index is 1.33. The Morgan fingerprint density at radius 2 is 1.92 bits per heavy atom. The van der Waals surface area contributed by atoms with Crippen molar-refractivity contribution in [3.8, 4) is 0 Å². The van der Waals surface area contributed by atoms with Crippen LogP contribution in [0.5, 0.6) is 0 Å². The number of benzene rings is 1. The van der Waals surface area contributed by atoms with Gasteiger partial charge in [0.05, 0.1) is 5.41 Å². The molecule has 26 heavy (non-hydrogen) atoms. The lowest BCUT2D eigenvalue weighted by Gasteiger charge is -2.41. The van der Waals surface area contributed by atoms with Gasteiger partial charge < -0.3 is 10.6 Å². The summed E-state index contributed by atoms with van der Waals surface area (Å²) in [6.45, 7) is 3.58. The molecule has 0 spiro atoms. The van der Waals surface area contributed by atoms with Gasteiger partial charge in [-0.1, -0.05) is 37.3 Å². The molecule has 0 radical (unpaired) electrons. The van der Waals surface area contributed by atoms with Gasteiger partial charge in [0.25, 0.3) is 0 Å². The molecule has 1 heterocycles. The van der Waals surface area contributed by atoms with Crippen molar-refractivity contribution in [2.75, 3.05) is 6.54 Å². The second kappa shape index (κ2) is 4.92. The second-order valence-electron chi connectivity index (χ2n) is 10.6. The molecule has 5 saturated carbocycles. The van der Waals surface area contributed by atoms with Gasteiger partial charge >= 0.3 is 0 Å². The first-order valence-electron chi connectivity index (χ1n) is 10.6. The average Bonchev–Trinajstić information content (AvgIpc) is 3.32. The zero-order valence-electron chi connectivity index (χ0n) is 15.8. The second-order valence-corrected chi connectivity index (χ2v) is 10.6. The molecule has 5 unspecified atom stereocenters. The number of amides is 1. The fourth-order valence-electron chi connectivity index (χ4n) is 8.28. The number of hydrogen-bond acceptors (Lipinski definition) is 2. The van der Waals surface area contributed by atoms with Crippen molar-refractivity contribution in [2.45, 2.75) is 69.4 Å². The summed E-state index contributed by atoms with van der Waals surface area (Å²) < 4.78 is 0. The van der Waals surface area contributed by atoms with E-state index in [1.54, 1.807) is 0 Å². The maximum absolute atomic E-state index is 13.7. The summed E-state index contributed by atoms with van der Waals surface area (Å²) in [5, 5.41) is 7.15. The van der Waals surface area contributed by atoms with E-state index < -0.39 is 0 Å². The molecular weight excluding hydrogens is 320 g/mol. The maximum atomic E-state index is 13.7. The molecule has 1 aliphatic heterocycles. The molecule has 5 aliphatic carbocycles. The Hall–Kier alpha value is -1.35. The number of piperidine rings is 1. The highest BCUT2D eigenvalue weighted by atomic mass is 16.2. The normalized spacial score (nSPS) is 50.5. The van der Waals surface area contributed by atoms with Gasteiger partial charge in [-0.3, -0.25) is 4.79 Å². The summed E-state index contributed by atoms with van der Waals surface area (Å²) in [5.74, 6) is 1.90. The fraction of sp³-hybridized carbons (Fsp3) is 0.696. The molecule has 2 N–H and O–H groups in total. The van der Waals surface area contributed by atoms with Crippen molar-refractivity contribution in [2.24, 2.45) is 22.7 Å². The molecule has 1 amide bonds. The highest BCUT2D eigenvalue weighted by Gasteiger charge is 2.72. The smallest absolute Gasteiger partial charge is 0.227 e. The van der Waals surface area contributed by atoms with E-state index in [0.717, 1.165) is 31.2 Å². The zero-order valence-corrected chi connectivity index (χ0v) is 15.8. The molecule has 6 bridgehead atoms. The summed E-state index contributed by atoms with van der Waals surface area (Å²) in [6, 6.07) is 12.0. The number of hydrogen-bond donors (Lipinski definition) is 2. The molecule has 7 atom stereocenters. The summed E-state index contributed by atoms with van der Waals surface area (Å²) in [5.41, 5.74) is 1.77. The van der Waals surface area contributed by atoms with E-state index in [0.29, 0.717) is 18.0 Å². The largest absolute Gasteiger partial charge is 0.351 e. The first-order valence-corrected chi connectivity index (χ1v) is 10.6.